The van der Waals surface area contributed by atoms with Crippen LogP contribution in [0.1, 0.15) is 5.56 Å². The normalized spacial score (nSPS) is 10.6. The van der Waals surface area contributed by atoms with Crippen LogP contribution in [0.25, 0.3) is 10.9 Å². The molecule has 3 rings (SSSR count). The van der Waals surface area contributed by atoms with Gasteiger partial charge in [0, 0.05) is 30.5 Å². The second-order valence-corrected chi connectivity index (χ2v) is 4.63. The van der Waals surface area contributed by atoms with E-state index < -0.39 is 0 Å². The summed E-state index contributed by atoms with van der Waals surface area (Å²) in [5.41, 5.74) is 10.0. The van der Waals surface area contributed by atoms with Crippen molar-refractivity contribution in [2.45, 2.75) is 6.42 Å². The van der Waals surface area contributed by atoms with Gasteiger partial charge in [-0.25, -0.2) is 0 Å². The predicted octanol–water partition coefficient (Wildman–Crippen LogP) is 2.87. The van der Waals surface area contributed by atoms with Crippen LogP contribution in [0.5, 0.6) is 0 Å². The summed E-state index contributed by atoms with van der Waals surface area (Å²) in [6.45, 7) is 0.821. The number of rotatable bonds is 4. The molecule has 4 nitrogen and oxygen atoms in total. The van der Waals surface area contributed by atoms with Gasteiger partial charge in [0.1, 0.15) is 0 Å². The molecule has 0 saturated heterocycles. The van der Waals surface area contributed by atoms with Gasteiger partial charge in [-0.1, -0.05) is 6.07 Å². The second kappa shape index (κ2) is 5.57. The lowest BCUT2D eigenvalue weighted by molar-refractivity contribution is 1.01. The smallest absolute Gasteiger partial charge is 0.0724 e. The highest BCUT2D eigenvalue weighted by Gasteiger charge is 2.04. The van der Waals surface area contributed by atoms with E-state index in [1.165, 1.54) is 5.56 Å². The van der Waals surface area contributed by atoms with Crippen LogP contribution in [-0.4, -0.2) is 16.5 Å². The van der Waals surface area contributed by atoms with Gasteiger partial charge in [0.05, 0.1) is 16.9 Å². The largest absolute Gasteiger partial charge is 0.397 e. The minimum Gasteiger partial charge on any atom is -0.397 e. The van der Waals surface area contributed by atoms with E-state index in [-0.39, 0.29) is 0 Å². The third-order valence-corrected chi connectivity index (χ3v) is 3.28. The van der Waals surface area contributed by atoms with Crippen molar-refractivity contribution in [1.29, 1.82) is 0 Å². The van der Waals surface area contributed by atoms with E-state index in [9.17, 15) is 0 Å². The van der Waals surface area contributed by atoms with Crippen molar-refractivity contribution in [1.82, 2.24) is 9.97 Å². The Morgan fingerprint density at radius 2 is 1.95 bits per heavy atom. The molecule has 0 radical (unpaired) electrons. The molecular weight excluding hydrogens is 248 g/mol. The molecule has 0 spiro atoms. The van der Waals surface area contributed by atoms with Crippen molar-refractivity contribution in [2.24, 2.45) is 0 Å². The van der Waals surface area contributed by atoms with Gasteiger partial charge in [0.2, 0.25) is 0 Å². The van der Waals surface area contributed by atoms with Crippen LogP contribution in [0.4, 0.5) is 11.4 Å². The number of fused-ring (bicyclic) bond motifs is 1. The Morgan fingerprint density at radius 1 is 1.05 bits per heavy atom. The van der Waals surface area contributed by atoms with Crippen molar-refractivity contribution < 1.29 is 0 Å². The van der Waals surface area contributed by atoms with E-state index in [1.807, 2.05) is 36.5 Å². The number of benzene rings is 1. The molecule has 0 bridgehead atoms. The maximum absolute atomic E-state index is 6.18. The molecule has 0 aliphatic rings. The SMILES string of the molecule is Nc1c(NCCc2cccnc2)ccc2ncccc12. The molecule has 0 atom stereocenters. The molecule has 2 heterocycles. The van der Waals surface area contributed by atoms with E-state index >= 15 is 0 Å². The van der Waals surface area contributed by atoms with Crippen LogP contribution in [0, 0.1) is 0 Å². The number of aromatic nitrogens is 2. The number of hydrogen-bond donors (Lipinski definition) is 2. The van der Waals surface area contributed by atoms with Gasteiger partial charge in [0.15, 0.2) is 0 Å². The van der Waals surface area contributed by atoms with Gasteiger partial charge in [-0.2, -0.15) is 0 Å². The van der Waals surface area contributed by atoms with Crippen molar-refractivity contribution in [3.63, 3.8) is 0 Å². The quantitative estimate of drug-likeness (QED) is 0.711. The Balaban J connectivity index is 1.73. The fraction of sp³-hybridized carbons (Fsp3) is 0.125. The van der Waals surface area contributed by atoms with E-state index in [0.29, 0.717) is 0 Å². The molecule has 0 aliphatic carbocycles. The molecule has 0 amide bonds. The summed E-state index contributed by atoms with van der Waals surface area (Å²) in [5.74, 6) is 0. The number of anilines is 2. The molecule has 1 aromatic carbocycles. The first-order chi connectivity index (χ1) is 9.84. The van der Waals surface area contributed by atoms with E-state index in [1.54, 1.807) is 12.4 Å². The van der Waals surface area contributed by atoms with Crippen LogP contribution in [0.15, 0.2) is 55.0 Å². The van der Waals surface area contributed by atoms with E-state index in [2.05, 4.69) is 21.4 Å². The van der Waals surface area contributed by atoms with Gasteiger partial charge < -0.3 is 11.1 Å². The summed E-state index contributed by atoms with van der Waals surface area (Å²) >= 11 is 0. The summed E-state index contributed by atoms with van der Waals surface area (Å²) in [5, 5.41) is 4.36. The highest BCUT2D eigenvalue weighted by atomic mass is 14.9. The van der Waals surface area contributed by atoms with Crippen LogP contribution in [0.2, 0.25) is 0 Å². The summed E-state index contributed by atoms with van der Waals surface area (Å²) in [6, 6.07) is 11.9. The zero-order valence-corrected chi connectivity index (χ0v) is 11.1. The number of nitrogen functional groups attached to an aromatic ring is 1. The molecule has 4 heteroatoms. The predicted molar refractivity (Wildman–Crippen MR) is 82.6 cm³/mol. The number of nitrogens with zero attached hydrogens (tertiary/aromatic N) is 2. The fourth-order valence-electron chi connectivity index (χ4n) is 2.22. The van der Waals surface area contributed by atoms with Crippen molar-refractivity contribution >= 4 is 22.3 Å². The zero-order chi connectivity index (χ0) is 13.8. The van der Waals surface area contributed by atoms with Gasteiger partial charge in [-0.3, -0.25) is 9.97 Å². The Labute approximate surface area is 117 Å². The zero-order valence-electron chi connectivity index (χ0n) is 11.1. The lowest BCUT2D eigenvalue weighted by Gasteiger charge is -2.11. The minimum atomic E-state index is 0.752. The molecule has 2 aromatic heterocycles. The summed E-state index contributed by atoms with van der Waals surface area (Å²) < 4.78 is 0. The van der Waals surface area contributed by atoms with Gasteiger partial charge in [0.25, 0.3) is 0 Å². The number of hydrogen-bond acceptors (Lipinski definition) is 4. The van der Waals surface area contributed by atoms with Crippen molar-refractivity contribution in [2.75, 3.05) is 17.6 Å². The molecule has 3 N–H and O–H groups in total. The maximum Gasteiger partial charge on any atom is 0.0724 e. The topological polar surface area (TPSA) is 63.8 Å². The Bertz CT molecular complexity index is 710. The minimum absolute atomic E-state index is 0.752. The number of pyridine rings is 2. The highest BCUT2D eigenvalue weighted by molar-refractivity contribution is 5.96. The monoisotopic (exact) mass is 264 g/mol. The Hall–Kier alpha value is -2.62. The first-order valence-electron chi connectivity index (χ1n) is 6.60. The summed E-state index contributed by atoms with van der Waals surface area (Å²) in [7, 11) is 0. The molecule has 0 fully saturated rings. The molecule has 20 heavy (non-hydrogen) atoms. The highest BCUT2D eigenvalue weighted by Crippen LogP contribution is 2.27. The average molecular weight is 264 g/mol. The summed E-state index contributed by atoms with van der Waals surface area (Å²) in [4.78, 5) is 8.40. The van der Waals surface area contributed by atoms with Crippen LogP contribution in [0.3, 0.4) is 0 Å². The standard InChI is InChI=1S/C16H16N4/c17-16-13-4-2-9-19-14(13)5-6-15(16)20-10-7-12-3-1-8-18-11-12/h1-6,8-9,11,20H,7,10,17H2. The second-order valence-electron chi connectivity index (χ2n) is 4.63. The molecule has 0 aliphatic heterocycles. The van der Waals surface area contributed by atoms with E-state index in [0.717, 1.165) is 35.2 Å². The van der Waals surface area contributed by atoms with E-state index in [4.69, 9.17) is 5.73 Å². The Kier molecular flexibility index (Phi) is 3.46. The van der Waals surface area contributed by atoms with Crippen LogP contribution < -0.4 is 11.1 Å². The Morgan fingerprint density at radius 3 is 2.80 bits per heavy atom. The van der Waals surface area contributed by atoms with Gasteiger partial charge in [-0.15, -0.1) is 0 Å². The van der Waals surface area contributed by atoms with Crippen molar-refractivity contribution in [3.8, 4) is 0 Å². The van der Waals surface area contributed by atoms with Crippen LogP contribution in [-0.2, 0) is 6.42 Å². The van der Waals surface area contributed by atoms with Gasteiger partial charge in [-0.05, 0) is 42.3 Å². The lowest BCUT2D eigenvalue weighted by atomic mass is 10.1. The molecule has 0 saturated carbocycles. The molecule has 3 aromatic rings. The first-order valence-corrected chi connectivity index (χ1v) is 6.60. The lowest BCUT2D eigenvalue weighted by Crippen LogP contribution is -2.07. The van der Waals surface area contributed by atoms with Crippen LogP contribution >= 0.6 is 0 Å². The number of nitrogens with one attached hydrogen (secondary N) is 1. The summed E-state index contributed by atoms with van der Waals surface area (Å²) in [6.07, 6.45) is 6.36. The molecule has 100 valence electrons. The first kappa shape index (κ1) is 12.4. The van der Waals surface area contributed by atoms with Gasteiger partial charge >= 0.3 is 0 Å². The van der Waals surface area contributed by atoms with Crippen molar-refractivity contribution in [3.05, 3.63) is 60.6 Å². The molecule has 0 unspecified atom stereocenters. The molecular formula is C16H16N4. The third-order valence-electron chi connectivity index (χ3n) is 3.28. The fourth-order valence-corrected chi connectivity index (χ4v) is 2.22. The average Bonchev–Trinajstić information content (AvgIpc) is 2.51. The maximum atomic E-state index is 6.18. The third kappa shape index (κ3) is 2.54. The number of nitrogens with two attached hydrogens (primary N) is 1.